The van der Waals surface area contributed by atoms with Gasteiger partial charge in [-0.15, -0.1) is 0 Å². The minimum atomic E-state index is -0.968. The molecule has 3 heterocycles. The van der Waals surface area contributed by atoms with E-state index in [1.54, 1.807) is 27.7 Å². The zero-order valence-corrected chi connectivity index (χ0v) is 14.7. The van der Waals surface area contributed by atoms with Gasteiger partial charge >= 0.3 is 12.1 Å². The van der Waals surface area contributed by atoms with E-state index in [4.69, 9.17) is 9.84 Å². The summed E-state index contributed by atoms with van der Waals surface area (Å²) in [6.45, 7) is 6.88. The molecule has 2 aromatic rings. The molecule has 134 valence electrons. The van der Waals surface area contributed by atoms with E-state index < -0.39 is 11.6 Å². The zero-order chi connectivity index (χ0) is 18.2. The lowest BCUT2D eigenvalue weighted by atomic mass is 9.90. The monoisotopic (exact) mass is 345 g/mol. The highest BCUT2D eigenvalue weighted by atomic mass is 16.6. The summed E-state index contributed by atoms with van der Waals surface area (Å²) in [6, 6.07) is 3.39. The largest absolute Gasteiger partial charge is 0.478 e. The van der Waals surface area contributed by atoms with Crippen LogP contribution >= 0.6 is 0 Å². The first-order chi connectivity index (χ1) is 11.7. The van der Waals surface area contributed by atoms with Crippen LogP contribution in [-0.2, 0) is 4.74 Å². The van der Waals surface area contributed by atoms with Gasteiger partial charge in [0, 0.05) is 24.8 Å². The van der Waals surface area contributed by atoms with Crippen LogP contribution in [0.25, 0.3) is 5.52 Å². The van der Waals surface area contributed by atoms with Crippen molar-refractivity contribution in [3.8, 4) is 0 Å². The van der Waals surface area contributed by atoms with Crippen LogP contribution in [0, 0.1) is 0 Å². The lowest BCUT2D eigenvalue weighted by Crippen LogP contribution is -2.41. The summed E-state index contributed by atoms with van der Waals surface area (Å²) in [5.41, 5.74) is 1.74. The van der Waals surface area contributed by atoms with Crippen molar-refractivity contribution in [1.82, 2.24) is 14.5 Å². The van der Waals surface area contributed by atoms with Gasteiger partial charge in [-0.1, -0.05) is 0 Å². The third-order valence-electron chi connectivity index (χ3n) is 4.38. The van der Waals surface area contributed by atoms with Gasteiger partial charge in [-0.05, 0) is 51.7 Å². The average Bonchev–Trinajstić information content (AvgIpc) is 2.96. The highest BCUT2D eigenvalue weighted by Crippen LogP contribution is 2.31. The maximum absolute atomic E-state index is 12.2. The van der Waals surface area contributed by atoms with Gasteiger partial charge in [-0.25, -0.2) is 14.1 Å². The van der Waals surface area contributed by atoms with Crippen molar-refractivity contribution in [3.63, 3.8) is 0 Å². The van der Waals surface area contributed by atoms with E-state index in [1.807, 2.05) is 20.8 Å². The SMILES string of the molecule is CC(C)(C)OC(=O)N1CCC(c2cnn3cc(C(=O)O)ccc23)CC1. The van der Waals surface area contributed by atoms with Gasteiger partial charge in [-0.2, -0.15) is 5.10 Å². The molecule has 0 unspecified atom stereocenters. The van der Waals surface area contributed by atoms with Crippen LogP contribution < -0.4 is 0 Å². The smallest absolute Gasteiger partial charge is 0.410 e. The molecule has 2 aromatic heterocycles. The molecule has 0 radical (unpaired) electrons. The number of fused-ring (bicyclic) bond motifs is 1. The predicted molar refractivity (Wildman–Crippen MR) is 91.9 cm³/mol. The molecule has 0 saturated carbocycles. The van der Waals surface area contributed by atoms with Crippen molar-refractivity contribution in [1.29, 1.82) is 0 Å². The van der Waals surface area contributed by atoms with Gasteiger partial charge in [0.1, 0.15) is 5.60 Å². The lowest BCUT2D eigenvalue weighted by molar-refractivity contribution is 0.0205. The van der Waals surface area contributed by atoms with Gasteiger partial charge in [-0.3, -0.25) is 0 Å². The molecule has 1 aliphatic rings. The van der Waals surface area contributed by atoms with E-state index in [2.05, 4.69) is 5.10 Å². The van der Waals surface area contributed by atoms with Crippen LogP contribution in [0.3, 0.4) is 0 Å². The summed E-state index contributed by atoms with van der Waals surface area (Å²) in [7, 11) is 0. The number of carbonyl (C=O) groups is 2. The number of likely N-dealkylation sites (tertiary alicyclic amines) is 1. The van der Waals surface area contributed by atoms with E-state index >= 15 is 0 Å². The molecule has 1 amide bonds. The Morgan fingerprint density at radius 1 is 1.24 bits per heavy atom. The Bertz CT molecular complexity index is 798. The number of carboxylic acids is 1. The van der Waals surface area contributed by atoms with Crippen LogP contribution in [0.1, 0.15) is 55.5 Å². The summed E-state index contributed by atoms with van der Waals surface area (Å²) in [5.74, 6) is -0.670. The maximum atomic E-state index is 12.2. The summed E-state index contributed by atoms with van der Waals surface area (Å²) in [6.07, 6.45) is 4.73. The van der Waals surface area contributed by atoms with Crippen LogP contribution in [0.5, 0.6) is 0 Å². The summed E-state index contributed by atoms with van der Waals surface area (Å²) in [5, 5.41) is 13.4. The van der Waals surface area contributed by atoms with Crippen LogP contribution in [0.2, 0.25) is 0 Å². The molecule has 0 aromatic carbocycles. The number of ether oxygens (including phenoxy) is 1. The number of nitrogens with zero attached hydrogens (tertiary/aromatic N) is 3. The molecule has 0 atom stereocenters. The number of piperidine rings is 1. The third-order valence-corrected chi connectivity index (χ3v) is 4.38. The van der Waals surface area contributed by atoms with Gasteiger partial charge in [0.2, 0.25) is 0 Å². The summed E-state index contributed by atoms with van der Waals surface area (Å²) in [4.78, 5) is 25.0. The van der Waals surface area contributed by atoms with Gasteiger partial charge in [0.15, 0.2) is 0 Å². The normalized spacial score (nSPS) is 16.2. The molecule has 3 rings (SSSR count). The lowest BCUT2D eigenvalue weighted by Gasteiger charge is -2.33. The highest BCUT2D eigenvalue weighted by Gasteiger charge is 2.28. The number of amides is 1. The molecule has 1 N–H and O–H groups in total. The van der Waals surface area contributed by atoms with E-state index in [9.17, 15) is 9.59 Å². The molecule has 0 aliphatic carbocycles. The second-order valence-corrected chi connectivity index (χ2v) is 7.39. The van der Waals surface area contributed by atoms with Gasteiger partial charge in [0.25, 0.3) is 0 Å². The first-order valence-corrected chi connectivity index (χ1v) is 8.43. The van der Waals surface area contributed by atoms with Crippen LogP contribution in [0.15, 0.2) is 24.5 Å². The number of carbonyl (C=O) groups excluding carboxylic acids is 1. The number of aromatic nitrogens is 2. The molecular weight excluding hydrogens is 322 g/mol. The minimum absolute atomic E-state index is 0.210. The molecule has 0 spiro atoms. The second-order valence-electron chi connectivity index (χ2n) is 7.39. The standard InChI is InChI=1S/C18H23N3O4/c1-18(2,3)25-17(24)20-8-6-12(7-9-20)14-10-19-21-11-13(16(22)23)4-5-15(14)21/h4-5,10-12H,6-9H2,1-3H3,(H,22,23). The Morgan fingerprint density at radius 2 is 1.92 bits per heavy atom. The average molecular weight is 345 g/mol. The number of rotatable bonds is 2. The fraction of sp³-hybridized carbons (Fsp3) is 0.500. The molecule has 1 aliphatic heterocycles. The van der Waals surface area contributed by atoms with Crippen molar-refractivity contribution in [3.05, 3.63) is 35.7 Å². The molecule has 1 saturated heterocycles. The van der Waals surface area contributed by atoms with E-state index in [1.165, 1.54) is 6.20 Å². The topological polar surface area (TPSA) is 84.1 Å². The predicted octanol–water partition coefficient (Wildman–Crippen LogP) is 3.15. The van der Waals surface area contributed by atoms with E-state index in [0.29, 0.717) is 19.0 Å². The van der Waals surface area contributed by atoms with E-state index in [-0.39, 0.29) is 11.7 Å². The van der Waals surface area contributed by atoms with Gasteiger partial charge < -0.3 is 14.7 Å². The molecule has 1 fully saturated rings. The first-order valence-electron chi connectivity index (χ1n) is 8.43. The van der Waals surface area contributed by atoms with Crippen molar-refractivity contribution in [2.75, 3.05) is 13.1 Å². The molecule has 0 bridgehead atoms. The van der Waals surface area contributed by atoms with Crippen LogP contribution in [-0.4, -0.2) is 50.4 Å². The molecular formula is C18H23N3O4. The number of pyridine rings is 1. The Balaban J connectivity index is 1.70. The quantitative estimate of drug-likeness (QED) is 0.904. The zero-order valence-electron chi connectivity index (χ0n) is 14.7. The van der Waals surface area contributed by atoms with Crippen molar-refractivity contribution < 1.29 is 19.4 Å². The fourth-order valence-electron chi connectivity index (χ4n) is 3.14. The van der Waals surface area contributed by atoms with Crippen LogP contribution in [0.4, 0.5) is 4.79 Å². The number of carboxylic acid groups (broad SMARTS) is 1. The molecule has 7 nitrogen and oxygen atoms in total. The highest BCUT2D eigenvalue weighted by molar-refractivity contribution is 5.87. The number of aromatic carboxylic acids is 1. The number of hydrogen-bond donors (Lipinski definition) is 1. The minimum Gasteiger partial charge on any atom is -0.478 e. The van der Waals surface area contributed by atoms with Crippen molar-refractivity contribution in [2.45, 2.75) is 45.1 Å². The molecule has 25 heavy (non-hydrogen) atoms. The van der Waals surface area contributed by atoms with Crippen molar-refractivity contribution in [2.24, 2.45) is 0 Å². The fourth-order valence-corrected chi connectivity index (χ4v) is 3.14. The number of hydrogen-bond acceptors (Lipinski definition) is 4. The first kappa shape index (κ1) is 17.3. The van der Waals surface area contributed by atoms with E-state index in [0.717, 1.165) is 23.9 Å². The van der Waals surface area contributed by atoms with Gasteiger partial charge in [0.05, 0.1) is 17.3 Å². The second kappa shape index (κ2) is 6.38. The Morgan fingerprint density at radius 3 is 2.52 bits per heavy atom. The molecule has 7 heteroatoms. The Labute approximate surface area is 146 Å². The Kier molecular flexibility index (Phi) is 4.41. The third kappa shape index (κ3) is 3.75. The summed E-state index contributed by atoms with van der Waals surface area (Å²) < 4.78 is 7.03. The Hall–Kier alpha value is -2.57. The summed E-state index contributed by atoms with van der Waals surface area (Å²) >= 11 is 0. The maximum Gasteiger partial charge on any atom is 0.410 e. The van der Waals surface area contributed by atoms with Crippen molar-refractivity contribution >= 4 is 17.6 Å².